The second-order valence-electron chi connectivity index (χ2n) is 9.63. The molecule has 0 unspecified atom stereocenters. The summed E-state index contributed by atoms with van der Waals surface area (Å²) >= 11 is 0. The van der Waals surface area contributed by atoms with E-state index in [1.54, 1.807) is 25.7 Å². The fourth-order valence-electron chi connectivity index (χ4n) is 4.35. The number of piperazine rings is 1. The van der Waals surface area contributed by atoms with Gasteiger partial charge in [0.15, 0.2) is 0 Å². The highest BCUT2D eigenvalue weighted by atomic mass is 16.5. The Morgan fingerprint density at radius 3 is 2.38 bits per heavy atom. The third-order valence-electron chi connectivity index (χ3n) is 6.69. The molecule has 6 heteroatoms. The van der Waals surface area contributed by atoms with Crippen molar-refractivity contribution in [1.82, 2.24) is 14.9 Å². The van der Waals surface area contributed by atoms with Crippen molar-refractivity contribution in [1.29, 1.82) is 0 Å². The summed E-state index contributed by atoms with van der Waals surface area (Å²) in [6, 6.07) is 17.1. The van der Waals surface area contributed by atoms with Crippen LogP contribution in [-0.4, -0.2) is 61.3 Å². The van der Waals surface area contributed by atoms with E-state index in [-0.39, 0.29) is 5.41 Å². The van der Waals surface area contributed by atoms with Crippen molar-refractivity contribution in [2.45, 2.75) is 26.7 Å². The molecular formula is C28H36N4O2. The monoisotopic (exact) mass is 460 g/mol. The molecule has 34 heavy (non-hydrogen) atoms. The lowest BCUT2D eigenvalue weighted by Gasteiger charge is -2.38. The third-order valence-corrected chi connectivity index (χ3v) is 6.69. The van der Waals surface area contributed by atoms with Gasteiger partial charge in [0.2, 0.25) is 5.88 Å². The van der Waals surface area contributed by atoms with Crippen molar-refractivity contribution >= 4 is 5.69 Å². The van der Waals surface area contributed by atoms with Gasteiger partial charge >= 0.3 is 0 Å². The Morgan fingerprint density at radius 1 is 0.912 bits per heavy atom. The zero-order chi connectivity index (χ0) is 23.8. The predicted molar refractivity (Wildman–Crippen MR) is 138 cm³/mol. The van der Waals surface area contributed by atoms with Crippen molar-refractivity contribution in [3.8, 4) is 22.8 Å². The minimum Gasteiger partial charge on any atom is -0.497 e. The molecule has 1 aliphatic heterocycles. The molecular weight excluding hydrogens is 424 g/mol. The van der Waals surface area contributed by atoms with Gasteiger partial charge in [-0.25, -0.2) is 4.98 Å². The van der Waals surface area contributed by atoms with E-state index in [2.05, 4.69) is 70.0 Å². The Kier molecular flexibility index (Phi) is 8.01. The lowest BCUT2D eigenvalue weighted by Crippen LogP contribution is -2.47. The minimum atomic E-state index is 0.223. The molecule has 180 valence electrons. The van der Waals surface area contributed by atoms with Crippen LogP contribution in [0.2, 0.25) is 0 Å². The maximum Gasteiger partial charge on any atom is 0.232 e. The summed E-state index contributed by atoms with van der Waals surface area (Å²) in [5.41, 5.74) is 4.04. The van der Waals surface area contributed by atoms with Crippen molar-refractivity contribution in [3.63, 3.8) is 0 Å². The smallest absolute Gasteiger partial charge is 0.232 e. The molecule has 2 aromatic carbocycles. The quantitative estimate of drug-likeness (QED) is 0.417. The maximum absolute atomic E-state index is 5.76. The highest BCUT2D eigenvalue weighted by molar-refractivity contribution is 5.79. The van der Waals surface area contributed by atoms with Crippen LogP contribution in [0.25, 0.3) is 11.1 Å². The molecule has 0 saturated carbocycles. The van der Waals surface area contributed by atoms with Gasteiger partial charge in [0.25, 0.3) is 0 Å². The second kappa shape index (κ2) is 11.3. The van der Waals surface area contributed by atoms with E-state index >= 15 is 0 Å². The summed E-state index contributed by atoms with van der Waals surface area (Å²) < 4.78 is 11.1. The largest absolute Gasteiger partial charge is 0.497 e. The number of para-hydroxylation sites is 1. The summed E-state index contributed by atoms with van der Waals surface area (Å²) in [6.45, 7) is 10.7. The van der Waals surface area contributed by atoms with Crippen molar-refractivity contribution in [2.75, 3.05) is 51.3 Å². The zero-order valence-electron chi connectivity index (χ0n) is 20.6. The Balaban J connectivity index is 1.26. The Labute approximate surface area is 203 Å². The summed E-state index contributed by atoms with van der Waals surface area (Å²) in [5.74, 6) is 1.49. The van der Waals surface area contributed by atoms with Gasteiger partial charge in [0.05, 0.1) is 19.9 Å². The van der Waals surface area contributed by atoms with Crippen LogP contribution in [0, 0.1) is 5.41 Å². The summed E-state index contributed by atoms with van der Waals surface area (Å²) in [7, 11) is 1.71. The summed E-state index contributed by atoms with van der Waals surface area (Å²) in [5, 5.41) is 0. The SMILES string of the molecule is COc1ccc(-c2ccccc2N2CCN(CCC(C)(C)CCOc3cnccn3)CC2)cc1. The fraction of sp³-hybridized carbons (Fsp3) is 0.429. The first kappa shape index (κ1) is 24.0. The fourth-order valence-corrected chi connectivity index (χ4v) is 4.35. The first-order valence-corrected chi connectivity index (χ1v) is 12.1. The lowest BCUT2D eigenvalue weighted by atomic mass is 9.86. The number of methoxy groups -OCH3 is 1. The number of rotatable bonds is 10. The molecule has 2 heterocycles. The minimum absolute atomic E-state index is 0.223. The highest BCUT2D eigenvalue weighted by Gasteiger charge is 2.23. The molecule has 4 rings (SSSR count). The van der Waals surface area contributed by atoms with Crippen LogP contribution in [0.5, 0.6) is 11.6 Å². The van der Waals surface area contributed by atoms with E-state index in [0.717, 1.165) is 51.3 Å². The number of hydrogen-bond acceptors (Lipinski definition) is 6. The van der Waals surface area contributed by atoms with Crippen LogP contribution in [0.4, 0.5) is 5.69 Å². The molecule has 1 saturated heterocycles. The Hall–Kier alpha value is -3.12. The van der Waals surface area contributed by atoms with Crippen LogP contribution in [0.3, 0.4) is 0 Å². The zero-order valence-corrected chi connectivity index (χ0v) is 20.6. The van der Waals surface area contributed by atoms with Crippen LogP contribution in [0.15, 0.2) is 67.1 Å². The van der Waals surface area contributed by atoms with Gasteiger partial charge in [-0.05, 0) is 48.6 Å². The number of benzene rings is 2. The number of aromatic nitrogens is 2. The van der Waals surface area contributed by atoms with Crippen molar-refractivity contribution < 1.29 is 9.47 Å². The molecule has 1 fully saturated rings. The number of hydrogen-bond donors (Lipinski definition) is 0. The first-order valence-electron chi connectivity index (χ1n) is 12.1. The molecule has 6 nitrogen and oxygen atoms in total. The van der Waals surface area contributed by atoms with E-state index in [0.29, 0.717) is 12.5 Å². The average Bonchev–Trinajstić information content (AvgIpc) is 2.88. The third kappa shape index (κ3) is 6.48. The molecule has 0 radical (unpaired) electrons. The second-order valence-corrected chi connectivity index (χ2v) is 9.63. The van der Waals surface area contributed by atoms with Gasteiger partial charge in [0.1, 0.15) is 5.75 Å². The van der Waals surface area contributed by atoms with Gasteiger partial charge in [-0.1, -0.05) is 44.2 Å². The molecule has 1 aliphatic rings. The lowest BCUT2D eigenvalue weighted by molar-refractivity contribution is 0.173. The molecule has 0 atom stereocenters. The molecule has 0 amide bonds. The topological polar surface area (TPSA) is 50.7 Å². The van der Waals surface area contributed by atoms with Gasteiger partial charge in [-0.2, -0.15) is 0 Å². The maximum atomic E-state index is 5.76. The molecule has 0 aliphatic carbocycles. The van der Waals surface area contributed by atoms with E-state index in [1.807, 2.05) is 12.1 Å². The van der Waals surface area contributed by atoms with Gasteiger partial charge in [-0.15, -0.1) is 0 Å². The summed E-state index contributed by atoms with van der Waals surface area (Å²) in [4.78, 5) is 13.4. The van der Waals surface area contributed by atoms with Crippen LogP contribution >= 0.6 is 0 Å². The number of anilines is 1. The van der Waals surface area contributed by atoms with E-state index in [9.17, 15) is 0 Å². The molecule has 3 aromatic rings. The molecule has 1 aromatic heterocycles. The van der Waals surface area contributed by atoms with Crippen molar-refractivity contribution in [3.05, 3.63) is 67.1 Å². The van der Waals surface area contributed by atoms with Gasteiger partial charge in [0, 0.05) is 49.8 Å². The number of nitrogens with zero attached hydrogens (tertiary/aromatic N) is 4. The standard InChI is InChI=1S/C28H36N4O2/c1-28(2,13-21-34-27-22-29-14-15-30-27)12-16-31-17-19-32(20-18-31)26-7-5-4-6-25(26)23-8-10-24(33-3)11-9-23/h4-11,14-15,22H,12-13,16-21H2,1-3H3. The van der Waals surface area contributed by atoms with Gasteiger partial charge < -0.3 is 14.4 Å². The van der Waals surface area contributed by atoms with E-state index in [1.165, 1.54) is 16.8 Å². The van der Waals surface area contributed by atoms with Crippen LogP contribution in [0.1, 0.15) is 26.7 Å². The molecule has 0 bridgehead atoms. The van der Waals surface area contributed by atoms with E-state index < -0.39 is 0 Å². The summed E-state index contributed by atoms with van der Waals surface area (Å²) in [6.07, 6.45) is 7.14. The normalized spacial score (nSPS) is 14.7. The first-order chi connectivity index (χ1) is 16.5. The molecule has 0 spiro atoms. The highest BCUT2D eigenvalue weighted by Crippen LogP contribution is 2.33. The van der Waals surface area contributed by atoms with E-state index in [4.69, 9.17) is 9.47 Å². The Morgan fingerprint density at radius 2 is 1.68 bits per heavy atom. The van der Waals surface area contributed by atoms with Crippen LogP contribution in [-0.2, 0) is 0 Å². The average molecular weight is 461 g/mol. The predicted octanol–water partition coefficient (Wildman–Crippen LogP) is 5.16. The van der Waals surface area contributed by atoms with Crippen LogP contribution < -0.4 is 14.4 Å². The number of ether oxygens (including phenoxy) is 2. The Bertz CT molecular complexity index is 1020. The van der Waals surface area contributed by atoms with Gasteiger partial charge in [-0.3, -0.25) is 9.88 Å². The molecule has 0 N–H and O–H groups in total. The van der Waals surface area contributed by atoms with Crippen molar-refractivity contribution in [2.24, 2.45) is 5.41 Å².